The third-order valence-corrected chi connectivity index (χ3v) is 2.97. The Morgan fingerprint density at radius 1 is 1.04 bits per heavy atom. The van der Waals surface area contributed by atoms with Gasteiger partial charge in [-0.25, -0.2) is 0 Å². The number of anilines is 1. The van der Waals surface area contributed by atoms with Gasteiger partial charge in [-0.2, -0.15) is 0 Å². The smallest absolute Gasteiger partial charge is 0.311 e. The number of nitrogens with one attached hydrogen (secondary N) is 1. The molecule has 9 heteroatoms. The molecular weight excluding hydrogens is 306 g/mol. The SMILES string of the molecule is COc1ccc(C(=O)Nc2ccc([N+](=O)[O-])cc2)cc1[N+](=O)[O-]. The predicted molar refractivity (Wildman–Crippen MR) is 80.7 cm³/mol. The number of carbonyl (C=O) groups is 1. The molecule has 0 aliphatic rings. The zero-order chi connectivity index (χ0) is 17.0. The standard InChI is InChI=1S/C14H11N3O6/c1-23-13-7-2-9(8-12(13)17(21)22)14(18)15-10-3-5-11(6-4-10)16(19)20/h2-8H,1H3,(H,15,18). The van der Waals surface area contributed by atoms with Crippen molar-refractivity contribution in [2.24, 2.45) is 0 Å². The molecule has 2 rings (SSSR count). The van der Waals surface area contributed by atoms with Crippen LogP contribution in [0.4, 0.5) is 17.1 Å². The molecule has 0 aromatic heterocycles. The van der Waals surface area contributed by atoms with E-state index in [4.69, 9.17) is 4.74 Å². The lowest BCUT2D eigenvalue weighted by atomic mass is 10.1. The van der Waals surface area contributed by atoms with Crippen molar-refractivity contribution in [3.8, 4) is 5.75 Å². The van der Waals surface area contributed by atoms with E-state index >= 15 is 0 Å². The number of ether oxygens (including phenoxy) is 1. The van der Waals surface area contributed by atoms with Gasteiger partial charge in [0.1, 0.15) is 0 Å². The van der Waals surface area contributed by atoms with Crippen molar-refractivity contribution in [2.75, 3.05) is 12.4 Å². The van der Waals surface area contributed by atoms with Gasteiger partial charge in [-0.05, 0) is 24.3 Å². The molecule has 9 nitrogen and oxygen atoms in total. The lowest BCUT2D eigenvalue weighted by molar-refractivity contribution is -0.385. The van der Waals surface area contributed by atoms with Crippen LogP contribution in [0.25, 0.3) is 0 Å². The van der Waals surface area contributed by atoms with Crippen LogP contribution >= 0.6 is 0 Å². The van der Waals surface area contributed by atoms with Crippen molar-refractivity contribution in [1.82, 2.24) is 0 Å². The molecule has 0 aliphatic carbocycles. The van der Waals surface area contributed by atoms with E-state index in [0.29, 0.717) is 5.69 Å². The summed E-state index contributed by atoms with van der Waals surface area (Å²) >= 11 is 0. The van der Waals surface area contributed by atoms with Gasteiger partial charge in [0.15, 0.2) is 5.75 Å². The maximum atomic E-state index is 12.1. The van der Waals surface area contributed by atoms with Crippen molar-refractivity contribution < 1.29 is 19.4 Å². The van der Waals surface area contributed by atoms with Crippen molar-refractivity contribution in [3.05, 3.63) is 68.3 Å². The Kier molecular flexibility index (Phi) is 4.50. The van der Waals surface area contributed by atoms with E-state index in [2.05, 4.69) is 5.32 Å². The Morgan fingerprint density at radius 2 is 1.70 bits per heavy atom. The maximum absolute atomic E-state index is 12.1. The molecular formula is C14H11N3O6. The Hall–Kier alpha value is -3.49. The highest BCUT2D eigenvalue weighted by molar-refractivity contribution is 6.04. The molecule has 0 saturated heterocycles. The van der Waals surface area contributed by atoms with Gasteiger partial charge in [0.2, 0.25) is 0 Å². The molecule has 0 spiro atoms. The molecule has 0 heterocycles. The van der Waals surface area contributed by atoms with E-state index in [9.17, 15) is 25.0 Å². The number of nitrogens with zero attached hydrogens (tertiary/aromatic N) is 2. The van der Waals surface area contributed by atoms with E-state index in [1.54, 1.807) is 0 Å². The van der Waals surface area contributed by atoms with Crippen LogP contribution in [0.15, 0.2) is 42.5 Å². The van der Waals surface area contributed by atoms with Gasteiger partial charge in [0, 0.05) is 29.4 Å². The van der Waals surface area contributed by atoms with Crippen molar-refractivity contribution in [3.63, 3.8) is 0 Å². The zero-order valence-corrected chi connectivity index (χ0v) is 11.9. The average Bonchev–Trinajstić information content (AvgIpc) is 2.54. The quantitative estimate of drug-likeness (QED) is 0.667. The molecule has 1 amide bonds. The number of non-ortho nitro benzene ring substituents is 1. The maximum Gasteiger partial charge on any atom is 0.311 e. The number of benzene rings is 2. The molecule has 0 radical (unpaired) electrons. The average molecular weight is 317 g/mol. The summed E-state index contributed by atoms with van der Waals surface area (Å²) in [5, 5.41) is 24.0. The van der Waals surface area contributed by atoms with Gasteiger partial charge in [0.05, 0.1) is 17.0 Å². The highest BCUT2D eigenvalue weighted by atomic mass is 16.6. The summed E-state index contributed by atoms with van der Waals surface area (Å²) in [6.07, 6.45) is 0. The highest BCUT2D eigenvalue weighted by Crippen LogP contribution is 2.28. The second kappa shape index (κ2) is 6.52. The number of carbonyl (C=O) groups excluding carboxylic acids is 1. The second-order valence-electron chi connectivity index (χ2n) is 4.40. The number of methoxy groups -OCH3 is 1. The van der Waals surface area contributed by atoms with Crippen LogP contribution in [0.1, 0.15) is 10.4 Å². The van der Waals surface area contributed by atoms with Gasteiger partial charge < -0.3 is 10.1 Å². The van der Waals surface area contributed by atoms with E-state index in [-0.39, 0.29) is 22.7 Å². The van der Waals surface area contributed by atoms with Crippen LogP contribution in [0.3, 0.4) is 0 Å². The summed E-state index contributed by atoms with van der Waals surface area (Å²) < 4.78 is 4.86. The number of hydrogen-bond donors (Lipinski definition) is 1. The highest BCUT2D eigenvalue weighted by Gasteiger charge is 2.18. The van der Waals surface area contributed by atoms with Crippen LogP contribution in [0, 0.1) is 20.2 Å². The van der Waals surface area contributed by atoms with E-state index < -0.39 is 15.8 Å². The second-order valence-corrected chi connectivity index (χ2v) is 4.40. The van der Waals surface area contributed by atoms with Crippen LogP contribution in [0.5, 0.6) is 5.75 Å². The molecule has 0 unspecified atom stereocenters. The molecule has 118 valence electrons. The van der Waals surface area contributed by atoms with E-state index in [1.165, 1.54) is 43.5 Å². The number of amides is 1. The summed E-state index contributed by atoms with van der Waals surface area (Å²) in [6.45, 7) is 0. The van der Waals surface area contributed by atoms with Crippen molar-refractivity contribution in [1.29, 1.82) is 0 Å². The Morgan fingerprint density at radius 3 is 2.22 bits per heavy atom. The molecule has 2 aromatic rings. The molecule has 1 N–H and O–H groups in total. The summed E-state index contributed by atoms with van der Waals surface area (Å²) in [5.41, 5.74) is -0.0399. The minimum absolute atomic E-state index is 0.0434. The van der Waals surface area contributed by atoms with Gasteiger partial charge >= 0.3 is 5.69 Å². The summed E-state index contributed by atoms with van der Waals surface area (Å²) in [4.78, 5) is 32.4. The molecule has 2 aromatic carbocycles. The Balaban J connectivity index is 2.22. The summed E-state index contributed by atoms with van der Waals surface area (Å²) in [5.74, 6) is -0.536. The first-order valence-electron chi connectivity index (χ1n) is 6.30. The molecule has 0 fully saturated rings. The number of nitro groups is 2. The third-order valence-electron chi connectivity index (χ3n) is 2.97. The predicted octanol–water partition coefficient (Wildman–Crippen LogP) is 2.76. The lowest BCUT2D eigenvalue weighted by Crippen LogP contribution is -2.12. The molecule has 0 bridgehead atoms. The third kappa shape index (κ3) is 3.59. The largest absolute Gasteiger partial charge is 0.490 e. The Labute approximate surface area is 129 Å². The van der Waals surface area contributed by atoms with Gasteiger partial charge in [-0.1, -0.05) is 0 Å². The van der Waals surface area contributed by atoms with E-state index in [0.717, 1.165) is 6.07 Å². The number of nitro benzene ring substituents is 2. The lowest BCUT2D eigenvalue weighted by Gasteiger charge is -2.06. The zero-order valence-electron chi connectivity index (χ0n) is 11.9. The minimum atomic E-state index is -0.651. The van der Waals surface area contributed by atoms with Gasteiger partial charge in [-0.15, -0.1) is 0 Å². The summed E-state index contributed by atoms with van der Waals surface area (Å²) in [6, 6.07) is 9.02. The number of rotatable bonds is 5. The first-order valence-corrected chi connectivity index (χ1v) is 6.30. The van der Waals surface area contributed by atoms with Crippen molar-refractivity contribution in [2.45, 2.75) is 0 Å². The van der Waals surface area contributed by atoms with Gasteiger partial charge in [0.25, 0.3) is 11.6 Å². The molecule has 0 aliphatic heterocycles. The molecule has 0 atom stereocenters. The number of hydrogen-bond acceptors (Lipinski definition) is 6. The molecule has 0 saturated carbocycles. The molecule has 23 heavy (non-hydrogen) atoms. The van der Waals surface area contributed by atoms with Crippen LogP contribution in [0.2, 0.25) is 0 Å². The van der Waals surface area contributed by atoms with Crippen LogP contribution < -0.4 is 10.1 Å². The first-order chi connectivity index (χ1) is 10.9. The fraction of sp³-hybridized carbons (Fsp3) is 0.0714. The van der Waals surface area contributed by atoms with Crippen LogP contribution in [-0.4, -0.2) is 22.9 Å². The Bertz CT molecular complexity index is 773. The normalized spacial score (nSPS) is 9.96. The van der Waals surface area contributed by atoms with Crippen molar-refractivity contribution >= 4 is 23.0 Å². The summed E-state index contributed by atoms with van der Waals surface area (Å²) in [7, 11) is 1.29. The first kappa shape index (κ1) is 15.9. The fourth-order valence-corrected chi connectivity index (χ4v) is 1.84. The fourth-order valence-electron chi connectivity index (χ4n) is 1.84. The van der Waals surface area contributed by atoms with Crippen LogP contribution in [-0.2, 0) is 0 Å². The minimum Gasteiger partial charge on any atom is -0.490 e. The topological polar surface area (TPSA) is 125 Å². The van der Waals surface area contributed by atoms with Gasteiger partial charge in [-0.3, -0.25) is 25.0 Å². The monoisotopic (exact) mass is 317 g/mol. The van der Waals surface area contributed by atoms with E-state index in [1.807, 2.05) is 0 Å².